The van der Waals surface area contributed by atoms with Crippen LogP contribution in [-0.4, -0.2) is 58.7 Å². The van der Waals surface area contributed by atoms with Crippen LogP contribution >= 0.6 is 11.6 Å². The van der Waals surface area contributed by atoms with Gasteiger partial charge >= 0.3 is 6.09 Å². The quantitative estimate of drug-likeness (QED) is 0.842. The van der Waals surface area contributed by atoms with Gasteiger partial charge in [-0.3, -0.25) is 4.79 Å². The highest BCUT2D eigenvalue weighted by atomic mass is 35.5. The number of halogens is 1. The third-order valence-corrected chi connectivity index (χ3v) is 5.23. The molecule has 2 fully saturated rings. The Morgan fingerprint density at radius 2 is 2.16 bits per heavy atom. The summed E-state index contributed by atoms with van der Waals surface area (Å²) in [5.41, 5.74) is 0.205. The normalized spacial score (nSPS) is 22.0. The molecule has 25 heavy (non-hydrogen) atoms. The van der Waals surface area contributed by atoms with Crippen LogP contribution in [0.25, 0.3) is 0 Å². The van der Waals surface area contributed by atoms with E-state index in [0.29, 0.717) is 44.1 Å². The second-order valence-corrected chi connectivity index (χ2v) is 6.96. The lowest BCUT2D eigenvalue weighted by molar-refractivity contribution is 0.0595. The van der Waals surface area contributed by atoms with E-state index in [1.54, 1.807) is 6.20 Å². The summed E-state index contributed by atoms with van der Waals surface area (Å²) in [7, 11) is 0. The topological polar surface area (TPSA) is 96.7 Å². The Morgan fingerprint density at radius 1 is 1.40 bits per heavy atom. The lowest BCUT2D eigenvalue weighted by Gasteiger charge is -2.30. The first-order valence-corrected chi connectivity index (χ1v) is 9.01. The van der Waals surface area contributed by atoms with Gasteiger partial charge in [-0.15, -0.1) is 0 Å². The molecule has 1 aromatic heterocycles. The molecule has 3 rings (SSSR count). The second kappa shape index (κ2) is 8.05. The molecule has 2 saturated heterocycles. The van der Waals surface area contributed by atoms with E-state index in [-0.39, 0.29) is 16.6 Å². The number of piperidine rings is 1. The maximum Gasteiger partial charge on any atom is 0.407 e. The molecule has 2 aliphatic rings. The molecule has 2 N–H and O–H groups in total. The van der Waals surface area contributed by atoms with E-state index >= 15 is 0 Å². The van der Waals surface area contributed by atoms with E-state index in [4.69, 9.17) is 21.4 Å². The third-order valence-electron chi connectivity index (χ3n) is 4.86. The van der Waals surface area contributed by atoms with E-state index in [9.17, 15) is 9.59 Å². The first-order chi connectivity index (χ1) is 12.1. The lowest BCUT2D eigenvalue weighted by atomic mass is 10.0. The molecule has 9 heteroatoms. The Bertz CT molecular complexity index is 667. The van der Waals surface area contributed by atoms with Gasteiger partial charge in [0, 0.05) is 26.2 Å². The molecule has 1 aromatic rings. The second-order valence-electron chi connectivity index (χ2n) is 6.59. The third kappa shape index (κ3) is 4.24. The smallest absolute Gasteiger partial charge is 0.407 e. The molecule has 138 valence electrons. The van der Waals surface area contributed by atoms with Gasteiger partial charge in [-0.25, -0.2) is 9.48 Å². The van der Waals surface area contributed by atoms with Crippen molar-refractivity contribution in [1.82, 2.24) is 14.7 Å². The van der Waals surface area contributed by atoms with Crippen LogP contribution in [0.1, 0.15) is 31.7 Å². The van der Waals surface area contributed by atoms with Crippen molar-refractivity contribution in [2.75, 3.05) is 38.2 Å². The van der Waals surface area contributed by atoms with Crippen molar-refractivity contribution in [2.24, 2.45) is 5.92 Å². The zero-order valence-corrected chi connectivity index (χ0v) is 14.7. The fourth-order valence-electron chi connectivity index (χ4n) is 3.35. The number of nitrogens with zero attached hydrogens (tertiary/aromatic N) is 3. The monoisotopic (exact) mass is 370 g/mol. The number of amides is 1. The van der Waals surface area contributed by atoms with Crippen molar-refractivity contribution in [1.29, 1.82) is 0 Å². The Morgan fingerprint density at radius 3 is 2.80 bits per heavy atom. The molecule has 0 saturated carbocycles. The van der Waals surface area contributed by atoms with Gasteiger partial charge in [0.15, 0.2) is 0 Å². The Kier molecular flexibility index (Phi) is 5.80. The molecule has 0 spiro atoms. The average Bonchev–Trinajstić information content (AvgIpc) is 2.64. The van der Waals surface area contributed by atoms with E-state index in [2.05, 4.69) is 10.4 Å². The van der Waals surface area contributed by atoms with Gasteiger partial charge in [0.2, 0.25) is 0 Å². The predicted molar refractivity (Wildman–Crippen MR) is 93.4 cm³/mol. The molecule has 0 aliphatic carbocycles. The van der Waals surface area contributed by atoms with Gasteiger partial charge in [-0.1, -0.05) is 11.6 Å². The van der Waals surface area contributed by atoms with Crippen LogP contribution in [0.5, 0.6) is 0 Å². The zero-order chi connectivity index (χ0) is 17.8. The number of ether oxygens (including phenoxy) is 1. The van der Waals surface area contributed by atoms with Crippen molar-refractivity contribution < 1.29 is 14.6 Å². The first kappa shape index (κ1) is 18.0. The van der Waals surface area contributed by atoms with Gasteiger partial charge in [0.05, 0.1) is 24.5 Å². The number of rotatable bonds is 4. The van der Waals surface area contributed by atoms with Crippen molar-refractivity contribution in [3.63, 3.8) is 0 Å². The minimum Gasteiger partial charge on any atom is -0.465 e. The molecule has 3 heterocycles. The van der Waals surface area contributed by atoms with Crippen LogP contribution in [0.4, 0.5) is 10.5 Å². The zero-order valence-electron chi connectivity index (χ0n) is 14.0. The fourth-order valence-corrected chi connectivity index (χ4v) is 3.55. The number of hydrogen-bond donors (Lipinski definition) is 2. The van der Waals surface area contributed by atoms with Gasteiger partial charge in [-0.05, 0) is 31.6 Å². The van der Waals surface area contributed by atoms with Gasteiger partial charge in [-0.2, -0.15) is 5.10 Å². The number of carboxylic acid groups (broad SMARTS) is 1. The van der Waals surface area contributed by atoms with Crippen LogP contribution in [0.3, 0.4) is 0 Å². The van der Waals surface area contributed by atoms with E-state index in [1.165, 1.54) is 9.58 Å². The van der Waals surface area contributed by atoms with E-state index in [1.807, 2.05) is 0 Å². The van der Waals surface area contributed by atoms with E-state index < -0.39 is 6.09 Å². The molecular weight excluding hydrogens is 348 g/mol. The molecule has 0 bridgehead atoms. The van der Waals surface area contributed by atoms with Gasteiger partial charge in [0.25, 0.3) is 5.56 Å². The summed E-state index contributed by atoms with van der Waals surface area (Å²) in [6.07, 6.45) is 3.91. The summed E-state index contributed by atoms with van der Waals surface area (Å²) in [6.45, 7) is 3.02. The van der Waals surface area contributed by atoms with Crippen LogP contribution in [0.2, 0.25) is 5.02 Å². The number of carbonyl (C=O) groups is 1. The summed E-state index contributed by atoms with van der Waals surface area (Å²) in [4.78, 5) is 24.9. The molecular formula is C16H23ClN4O4. The number of nitrogens with one attached hydrogen (secondary N) is 1. The number of anilines is 1. The Balaban J connectivity index is 1.64. The maximum atomic E-state index is 12.5. The summed E-state index contributed by atoms with van der Waals surface area (Å²) < 4.78 is 6.83. The van der Waals surface area contributed by atoms with Crippen molar-refractivity contribution in [3.8, 4) is 0 Å². The minimum absolute atomic E-state index is 0.124. The highest BCUT2D eigenvalue weighted by Crippen LogP contribution is 2.23. The molecule has 8 nitrogen and oxygen atoms in total. The average molecular weight is 371 g/mol. The molecule has 1 unspecified atom stereocenters. The molecule has 1 amide bonds. The minimum atomic E-state index is -0.928. The standard InChI is InChI=1S/C16H23ClN4O4/c17-14-13(18-8-11-2-1-7-25-10-11)9-19-21(15(14)22)12-3-5-20(6-4-12)16(23)24/h9,11-12,18H,1-8,10H2,(H,23,24). The van der Waals surface area contributed by atoms with Crippen LogP contribution in [-0.2, 0) is 4.74 Å². The fraction of sp³-hybridized carbons (Fsp3) is 0.688. The summed E-state index contributed by atoms with van der Waals surface area (Å²) >= 11 is 6.24. The predicted octanol–water partition coefficient (Wildman–Crippen LogP) is 2.05. The SMILES string of the molecule is O=C(O)N1CCC(n2ncc(NCC3CCCOC3)c(Cl)c2=O)CC1. The summed E-state index contributed by atoms with van der Waals surface area (Å²) in [5, 5.41) is 16.6. The number of hydrogen-bond acceptors (Lipinski definition) is 5. The van der Waals surface area contributed by atoms with Gasteiger partial charge < -0.3 is 20.1 Å². The number of aromatic nitrogens is 2. The molecule has 2 aliphatic heterocycles. The Hall–Kier alpha value is -1.80. The molecule has 1 atom stereocenters. The molecule has 0 radical (unpaired) electrons. The van der Waals surface area contributed by atoms with Crippen molar-refractivity contribution >= 4 is 23.4 Å². The van der Waals surface area contributed by atoms with Crippen LogP contribution in [0.15, 0.2) is 11.0 Å². The van der Waals surface area contributed by atoms with Crippen LogP contribution in [0, 0.1) is 5.92 Å². The van der Waals surface area contributed by atoms with E-state index in [0.717, 1.165) is 26.1 Å². The summed E-state index contributed by atoms with van der Waals surface area (Å²) in [6, 6.07) is -0.124. The Labute approximate surface area is 150 Å². The number of likely N-dealkylation sites (tertiary alicyclic amines) is 1. The highest BCUT2D eigenvalue weighted by molar-refractivity contribution is 6.32. The van der Waals surface area contributed by atoms with Crippen molar-refractivity contribution in [3.05, 3.63) is 21.6 Å². The molecule has 0 aromatic carbocycles. The van der Waals surface area contributed by atoms with Gasteiger partial charge in [0.1, 0.15) is 5.02 Å². The largest absolute Gasteiger partial charge is 0.465 e. The maximum absolute atomic E-state index is 12.5. The lowest BCUT2D eigenvalue weighted by Crippen LogP contribution is -2.41. The van der Waals surface area contributed by atoms with Crippen molar-refractivity contribution in [2.45, 2.75) is 31.7 Å². The summed E-state index contributed by atoms with van der Waals surface area (Å²) in [5.74, 6) is 0.410. The first-order valence-electron chi connectivity index (χ1n) is 8.63. The highest BCUT2D eigenvalue weighted by Gasteiger charge is 2.25. The van der Waals surface area contributed by atoms with Crippen LogP contribution < -0.4 is 10.9 Å².